The lowest BCUT2D eigenvalue weighted by molar-refractivity contribution is -0.0564. The number of carbonyl (C=O) groups is 1. The molecular formula is C29H38N2O2. The fourth-order valence-corrected chi connectivity index (χ4v) is 7.45. The van der Waals surface area contributed by atoms with Crippen molar-refractivity contribution in [3.05, 3.63) is 58.4 Å². The van der Waals surface area contributed by atoms with E-state index in [0.29, 0.717) is 12.0 Å². The van der Waals surface area contributed by atoms with Crippen molar-refractivity contribution in [3.8, 4) is 11.3 Å². The third kappa shape index (κ3) is 4.81. The lowest BCUT2D eigenvalue weighted by Crippen LogP contribution is -2.47. The predicted molar refractivity (Wildman–Crippen MR) is 133 cm³/mol. The van der Waals surface area contributed by atoms with E-state index in [4.69, 9.17) is 0 Å². The summed E-state index contributed by atoms with van der Waals surface area (Å²) >= 11 is 0. The third-order valence-electron chi connectivity index (χ3n) is 8.55. The van der Waals surface area contributed by atoms with Gasteiger partial charge in [0, 0.05) is 25.4 Å². The number of rotatable bonds is 9. The van der Waals surface area contributed by atoms with Crippen LogP contribution in [0.25, 0.3) is 11.3 Å². The van der Waals surface area contributed by atoms with E-state index < -0.39 is 0 Å². The summed E-state index contributed by atoms with van der Waals surface area (Å²) in [5.74, 6) is 2.56. The molecule has 4 aliphatic rings. The molecule has 0 spiro atoms. The average Bonchev–Trinajstić information content (AvgIpc) is 2.79. The smallest absolute Gasteiger partial charge is 0.256 e. The molecular weight excluding hydrogens is 408 g/mol. The van der Waals surface area contributed by atoms with Crippen LogP contribution in [0.4, 0.5) is 0 Å². The van der Waals surface area contributed by atoms with Crippen molar-refractivity contribution < 1.29 is 4.79 Å². The summed E-state index contributed by atoms with van der Waals surface area (Å²) in [4.78, 5) is 26.0. The normalized spacial score (nSPS) is 27.6. The molecule has 1 heterocycles. The first-order valence-electron chi connectivity index (χ1n) is 13.1. The molecule has 2 aromatic rings. The zero-order valence-corrected chi connectivity index (χ0v) is 20.0. The highest BCUT2D eigenvalue weighted by Crippen LogP contribution is 2.61. The molecule has 4 heteroatoms. The zero-order chi connectivity index (χ0) is 22.8. The van der Waals surface area contributed by atoms with Crippen LogP contribution >= 0.6 is 0 Å². The molecule has 0 saturated heterocycles. The first-order chi connectivity index (χ1) is 16.0. The Labute approximate surface area is 197 Å². The Morgan fingerprint density at radius 1 is 1.03 bits per heavy atom. The van der Waals surface area contributed by atoms with E-state index in [1.807, 2.05) is 30.3 Å². The summed E-state index contributed by atoms with van der Waals surface area (Å²) in [6.45, 7) is 3.68. The van der Waals surface area contributed by atoms with Gasteiger partial charge in [0.25, 0.3) is 5.91 Å². The van der Waals surface area contributed by atoms with Crippen molar-refractivity contribution in [1.29, 1.82) is 0 Å². The van der Waals surface area contributed by atoms with Gasteiger partial charge in [0.15, 0.2) is 5.43 Å². The van der Waals surface area contributed by atoms with Gasteiger partial charge in [-0.15, -0.1) is 0 Å². The Bertz CT molecular complexity index is 1000. The fraction of sp³-hybridized carbons (Fsp3) is 0.586. The van der Waals surface area contributed by atoms with E-state index in [2.05, 4.69) is 16.8 Å². The Hall–Kier alpha value is -2.36. The van der Waals surface area contributed by atoms with Crippen LogP contribution in [0, 0.1) is 23.2 Å². The molecule has 1 aromatic heterocycles. The standard InChI is InChI=1S/C29H38N2O2/c1-2-3-7-12-31-20-25(27(32)16-26(31)24-8-5-4-6-9-24)28(33)30-11-10-29-17-21-13-22(18-29)15-23(14-21)19-29/h4-6,8-9,16,20-23H,2-3,7,10-15,17-19H2,1H3,(H,30,33). The molecule has 0 radical (unpaired) electrons. The molecule has 4 aliphatic carbocycles. The van der Waals surface area contributed by atoms with Gasteiger partial charge < -0.3 is 9.88 Å². The molecule has 1 amide bonds. The van der Waals surface area contributed by atoms with E-state index in [1.165, 1.54) is 38.5 Å². The number of nitrogens with zero attached hydrogens (tertiary/aromatic N) is 1. The molecule has 33 heavy (non-hydrogen) atoms. The van der Waals surface area contributed by atoms with Crippen molar-refractivity contribution >= 4 is 5.91 Å². The van der Waals surface area contributed by atoms with Crippen LogP contribution < -0.4 is 10.7 Å². The minimum absolute atomic E-state index is 0.187. The molecule has 6 rings (SSSR count). The van der Waals surface area contributed by atoms with Gasteiger partial charge in [-0.2, -0.15) is 0 Å². The van der Waals surface area contributed by atoms with Crippen LogP contribution in [-0.4, -0.2) is 17.0 Å². The lowest BCUT2D eigenvalue weighted by Gasteiger charge is -2.57. The Morgan fingerprint density at radius 2 is 1.70 bits per heavy atom. The number of amides is 1. The monoisotopic (exact) mass is 446 g/mol. The first kappa shape index (κ1) is 22.4. The van der Waals surface area contributed by atoms with Gasteiger partial charge >= 0.3 is 0 Å². The highest BCUT2D eigenvalue weighted by molar-refractivity contribution is 5.94. The van der Waals surface area contributed by atoms with Crippen molar-refractivity contribution in [3.63, 3.8) is 0 Å². The number of carbonyl (C=O) groups excluding carboxylic acids is 1. The van der Waals surface area contributed by atoms with E-state index in [-0.39, 0.29) is 16.9 Å². The summed E-state index contributed by atoms with van der Waals surface area (Å²) in [5, 5.41) is 3.12. The largest absolute Gasteiger partial charge is 0.352 e. The number of aromatic nitrogens is 1. The Morgan fingerprint density at radius 3 is 2.33 bits per heavy atom. The number of unbranched alkanes of at least 4 members (excludes halogenated alkanes) is 2. The topological polar surface area (TPSA) is 51.1 Å². The average molecular weight is 447 g/mol. The molecule has 4 saturated carbocycles. The molecule has 4 nitrogen and oxygen atoms in total. The minimum atomic E-state index is -0.214. The molecule has 4 bridgehead atoms. The van der Waals surface area contributed by atoms with Gasteiger partial charge in [-0.1, -0.05) is 50.1 Å². The van der Waals surface area contributed by atoms with Gasteiger partial charge in [0.05, 0.1) is 5.69 Å². The van der Waals surface area contributed by atoms with E-state index in [0.717, 1.165) is 61.2 Å². The number of aryl methyl sites for hydroxylation is 1. The summed E-state index contributed by atoms with van der Waals surface area (Å²) in [7, 11) is 0. The second-order valence-electron chi connectivity index (χ2n) is 11.1. The zero-order valence-electron chi connectivity index (χ0n) is 20.0. The lowest BCUT2D eigenvalue weighted by atomic mass is 9.49. The van der Waals surface area contributed by atoms with E-state index >= 15 is 0 Å². The summed E-state index contributed by atoms with van der Waals surface area (Å²) in [5.41, 5.74) is 2.44. The summed E-state index contributed by atoms with van der Waals surface area (Å²) in [6.07, 6.45) is 14.5. The molecule has 0 aliphatic heterocycles. The number of pyridine rings is 1. The van der Waals surface area contributed by atoms with Crippen LogP contribution in [0.15, 0.2) is 47.4 Å². The molecule has 176 valence electrons. The molecule has 0 atom stereocenters. The summed E-state index contributed by atoms with van der Waals surface area (Å²) in [6, 6.07) is 11.7. The highest BCUT2D eigenvalue weighted by Gasteiger charge is 2.50. The van der Waals surface area contributed by atoms with E-state index in [9.17, 15) is 9.59 Å². The van der Waals surface area contributed by atoms with Crippen molar-refractivity contribution in [1.82, 2.24) is 9.88 Å². The summed E-state index contributed by atoms with van der Waals surface area (Å²) < 4.78 is 2.10. The molecule has 4 fully saturated rings. The molecule has 1 N–H and O–H groups in total. The van der Waals surface area contributed by atoms with E-state index in [1.54, 1.807) is 12.3 Å². The highest BCUT2D eigenvalue weighted by atomic mass is 16.2. The SMILES string of the molecule is CCCCCn1cc(C(=O)NCCC23CC4CC(CC(C4)C2)C3)c(=O)cc1-c1ccccc1. The quantitative estimate of drug-likeness (QED) is 0.477. The first-order valence-corrected chi connectivity index (χ1v) is 13.1. The molecule has 1 aromatic carbocycles. The third-order valence-corrected chi connectivity index (χ3v) is 8.55. The second-order valence-corrected chi connectivity index (χ2v) is 11.1. The maximum Gasteiger partial charge on any atom is 0.256 e. The number of nitrogens with one attached hydrogen (secondary N) is 1. The molecule has 0 unspecified atom stereocenters. The minimum Gasteiger partial charge on any atom is -0.352 e. The van der Waals surface area contributed by atoms with Crippen LogP contribution in [0.1, 0.15) is 81.5 Å². The number of benzene rings is 1. The number of hydrogen-bond acceptors (Lipinski definition) is 2. The van der Waals surface area contributed by atoms with Crippen LogP contribution in [0.2, 0.25) is 0 Å². The van der Waals surface area contributed by atoms with Crippen molar-refractivity contribution in [2.75, 3.05) is 6.54 Å². The Kier molecular flexibility index (Phi) is 6.44. The van der Waals surface area contributed by atoms with Gasteiger partial charge in [0.2, 0.25) is 0 Å². The van der Waals surface area contributed by atoms with Crippen molar-refractivity contribution in [2.24, 2.45) is 23.2 Å². The second kappa shape index (κ2) is 9.48. The van der Waals surface area contributed by atoms with Crippen molar-refractivity contribution in [2.45, 2.75) is 77.7 Å². The van der Waals surface area contributed by atoms with Crippen LogP contribution in [0.3, 0.4) is 0 Å². The van der Waals surface area contributed by atoms with Crippen LogP contribution in [0.5, 0.6) is 0 Å². The van der Waals surface area contributed by atoms with Gasteiger partial charge in [-0.25, -0.2) is 0 Å². The predicted octanol–water partition coefficient (Wildman–Crippen LogP) is 6.04. The number of hydrogen-bond donors (Lipinski definition) is 1. The van der Waals surface area contributed by atoms with Gasteiger partial charge in [0.1, 0.15) is 5.56 Å². The van der Waals surface area contributed by atoms with Gasteiger partial charge in [-0.05, 0) is 80.1 Å². The van der Waals surface area contributed by atoms with Crippen LogP contribution in [-0.2, 0) is 6.54 Å². The Balaban J connectivity index is 1.29. The fourth-order valence-electron chi connectivity index (χ4n) is 7.45. The maximum absolute atomic E-state index is 13.1. The van der Waals surface area contributed by atoms with Gasteiger partial charge in [-0.3, -0.25) is 9.59 Å². The maximum atomic E-state index is 13.1.